The molecule has 2 aromatic rings. The van der Waals surface area contributed by atoms with Crippen LogP contribution < -0.4 is 15.0 Å². The van der Waals surface area contributed by atoms with Gasteiger partial charge in [0.05, 0.1) is 12.7 Å². The second-order valence-corrected chi connectivity index (χ2v) is 6.09. The van der Waals surface area contributed by atoms with Gasteiger partial charge in [-0.2, -0.15) is 4.98 Å². The maximum absolute atomic E-state index is 5.84. The van der Waals surface area contributed by atoms with Crippen LogP contribution in [0.3, 0.4) is 0 Å². The standard InChI is InChI=1S/C18H25N5O/c1-3-15-11-17(22-18(21-15)23-9-4-5-10-23)20-12-14(2)24-16-7-6-8-19-13-16/h6-8,11,13-14H,3-5,9-10,12H2,1-2H3,(H,20,21,22). The van der Waals surface area contributed by atoms with Gasteiger partial charge in [-0.1, -0.05) is 6.92 Å². The lowest BCUT2D eigenvalue weighted by molar-refractivity contribution is 0.234. The molecule has 3 heterocycles. The van der Waals surface area contributed by atoms with Crippen molar-refractivity contribution in [2.45, 2.75) is 39.2 Å². The van der Waals surface area contributed by atoms with Gasteiger partial charge in [0.15, 0.2) is 0 Å². The second kappa shape index (κ2) is 7.95. The Balaban J connectivity index is 1.62. The van der Waals surface area contributed by atoms with Crippen LogP contribution in [0.1, 0.15) is 32.4 Å². The average molecular weight is 327 g/mol. The highest BCUT2D eigenvalue weighted by Gasteiger charge is 2.16. The maximum Gasteiger partial charge on any atom is 0.227 e. The molecule has 2 aromatic heterocycles. The molecule has 24 heavy (non-hydrogen) atoms. The predicted molar refractivity (Wildman–Crippen MR) is 95.7 cm³/mol. The molecule has 1 atom stereocenters. The number of rotatable bonds is 7. The van der Waals surface area contributed by atoms with Crippen molar-refractivity contribution in [1.82, 2.24) is 15.0 Å². The molecule has 1 aliphatic heterocycles. The zero-order valence-corrected chi connectivity index (χ0v) is 14.4. The van der Waals surface area contributed by atoms with E-state index in [0.29, 0.717) is 6.54 Å². The molecule has 128 valence electrons. The van der Waals surface area contributed by atoms with Crippen LogP contribution >= 0.6 is 0 Å². The Morgan fingerprint density at radius 1 is 1.29 bits per heavy atom. The molecular weight excluding hydrogens is 302 g/mol. The highest BCUT2D eigenvalue weighted by Crippen LogP contribution is 2.19. The number of hydrogen-bond donors (Lipinski definition) is 1. The number of anilines is 2. The minimum atomic E-state index is 0.0180. The maximum atomic E-state index is 5.84. The Labute approximate surface area is 143 Å². The highest BCUT2D eigenvalue weighted by atomic mass is 16.5. The summed E-state index contributed by atoms with van der Waals surface area (Å²) in [4.78, 5) is 15.7. The van der Waals surface area contributed by atoms with Gasteiger partial charge in [-0.3, -0.25) is 4.98 Å². The van der Waals surface area contributed by atoms with Gasteiger partial charge in [-0.05, 0) is 38.3 Å². The van der Waals surface area contributed by atoms with Crippen LogP contribution in [0.15, 0.2) is 30.6 Å². The highest BCUT2D eigenvalue weighted by molar-refractivity contribution is 5.44. The van der Waals surface area contributed by atoms with Gasteiger partial charge < -0.3 is 15.0 Å². The molecule has 0 amide bonds. The largest absolute Gasteiger partial charge is 0.487 e. The molecule has 0 aliphatic carbocycles. The first-order valence-corrected chi connectivity index (χ1v) is 8.68. The summed E-state index contributed by atoms with van der Waals surface area (Å²) in [6.07, 6.45) is 6.82. The van der Waals surface area contributed by atoms with Gasteiger partial charge in [0.2, 0.25) is 5.95 Å². The molecule has 1 fully saturated rings. The first kappa shape index (κ1) is 16.5. The summed E-state index contributed by atoms with van der Waals surface area (Å²) < 4.78 is 5.84. The fourth-order valence-electron chi connectivity index (χ4n) is 2.75. The van der Waals surface area contributed by atoms with E-state index >= 15 is 0 Å². The van der Waals surface area contributed by atoms with Crippen LogP contribution in [-0.2, 0) is 6.42 Å². The van der Waals surface area contributed by atoms with E-state index in [1.807, 2.05) is 25.1 Å². The van der Waals surface area contributed by atoms with Crippen molar-refractivity contribution in [2.75, 3.05) is 29.9 Å². The molecule has 1 N–H and O–H groups in total. The molecule has 1 aliphatic rings. The number of aromatic nitrogens is 3. The second-order valence-electron chi connectivity index (χ2n) is 6.09. The van der Waals surface area contributed by atoms with E-state index in [0.717, 1.165) is 42.7 Å². The van der Waals surface area contributed by atoms with Gasteiger partial charge in [-0.15, -0.1) is 0 Å². The Hall–Kier alpha value is -2.37. The SMILES string of the molecule is CCc1cc(NCC(C)Oc2cccnc2)nc(N2CCCC2)n1. The summed E-state index contributed by atoms with van der Waals surface area (Å²) in [7, 11) is 0. The summed E-state index contributed by atoms with van der Waals surface area (Å²) >= 11 is 0. The number of hydrogen-bond acceptors (Lipinski definition) is 6. The quantitative estimate of drug-likeness (QED) is 0.843. The summed E-state index contributed by atoms with van der Waals surface area (Å²) in [6.45, 7) is 6.92. The first-order chi connectivity index (χ1) is 11.7. The fourth-order valence-corrected chi connectivity index (χ4v) is 2.75. The smallest absolute Gasteiger partial charge is 0.227 e. The lowest BCUT2D eigenvalue weighted by Crippen LogP contribution is -2.25. The van der Waals surface area contributed by atoms with Crippen molar-refractivity contribution in [3.8, 4) is 5.75 Å². The third-order valence-corrected chi connectivity index (χ3v) is 4.06. The Bertz CT molecular complexity index is 643. The van der Waals surface area contributed by atoms with E-state index in [-0.39, 0.29) is 6.10 Å². The van der Waals surface area contributed by atoms with Crippen LogP contribution in [0, 0.1) is 0 Å². The third-order valence-electron chi connectivity index (χ3n) is 4.06. The molecule has 1 saturated heterocycles. The molecular formula is C18H25N5O. The van der Waals surface area contributed by atoms with Crippen molar-refractivity contribution in [1.29, 1.82) is 0 Å². The first-order valence-electron chi connectivity index (χ1n) is 8.68. The van der Waals surface area contributed by atoms with Crippen molar-refractivity contribution < 1.29 is 4.74 Å². The van der Waals surface area contributed by atoms with Crippen molar-refractivity contribution in [2.24, 2.45) is 0 Å². The number of nitrogens with zero attached hydrogens (tertiary/aromatic N) is 4. The minimum Gasteiger partial charge on any atom is -0.487 e. The molecule has 0 bridgehead atoms. The van der Waals surface area contributed by atoms with E-state index in [1.54, 1.807) is 12.4 Å². The van der Waals surface area contributed by atoms with Gasteiger partial charge in [-0.25, -0.2) is 4.98 Å². The molecule has 1 unspecified atom stereocenters. The lowest BCUT2D eigenvalue weighted by atomic mass is 10.3. The molecule has 0 aromatic carbocycles. The topological polar surface area (TPSA) is 63.2 Å². The number of ether oxygens (including phenoxy) is 1. The monoisotopic (exact) mass is 327 g/mol. The molecule has 0 radical (unpaired) electrons. The minimum absolute atomic E-state index is 0.0180. The molecule has 3 rings (SSSR count). The summed E-state index contributed by atoms with van der Waals surface area (Å²) in [5, 5.41) is 3.38. The lowest BCUT2D eigenvalue weighted by Gasteiger charge is -2.19. The Morgan fingerprint density at radius 2 is 2.12 bits per heavy atom. The van der Waals surface area contributed by atoms with Crippen LogP contribution in [0.2, 0.25) is 0 Å². The number of pyridine rings is 1. The Morgan fingerprint density at radius 3 is 2.83 bits per heavy atom. The van der Waals surface area contributed by atoms with Crippen molar-refractivity contribution in [3.63, 3.8) is 0 Å². The van der Waals surface area contributed by atoms with Gasteiger partial charge >= 0.3 is 0 Å². The third kappa shape index (κ3) is 4.34. The summed E-state index contributed by atoms with van der Waals surface area (Å²) in [5.74, 6) is 2.49. The van der Waals surface area contributed by atoms with E-state index in [9.17, 15) is 0 Å². The van der Waals surface area contributed by atoms with Gasteiger partial charge in [0.25, 0.3) is 0 Å². The van der Waals surface area contributed by atoms with Crippen molar-refractivity contribution in [3.05, 3.63) is 36.3 Å². The molecule has 0 saturated carbocycles. The van der Waals surface area contributed by atoms with Crippen LogP contribution in [0.5, 0.6) is 5.75 Å². The molecule has 6 heteroatoms. The summed E-state index contributed by atoms with van der Waals surface area (Å²) in [6, 6.07) is 5.81. The zero-order valence-electron chi connectivity index (χ0n) is 14.4. The predicted octanol–water partition coefficient (Wildman–Crippen LogP) is 2.91. The summed E-state index contributed by atoms with van der Waals surface area (Å²) in [5.41, 5.74) is 1.07. The van der Waals surface area contributed by atoms with E-state index in [1.165, 1.54) is 12.8 Å². The normalized spacial score (nSPS) is 15.3. The zero-order chi connectivity index (χ0) is 16.8. The van der Waals surface area contributed by atoms with Crippen LogP contribution in [0.4, 0.5) is 11.8 Å². The van der Waals surface area contributed by atoms with Gasteiger partial charge in [0.1, 0.15) is 17.7 Å². The fraction of sp³-hybridized carbons (Fsp3) is 0.500. The Kier molecular flexibility index (Phi) is 5.46. The average Bonchev–Trinajstić information content (AvgIpc) is 3.15. The molecule has 6 nitrogen and oxygen atoms in total. The number of aryl methyl sites for hydroxylation is 1. The molecule has 0 spiro atoms. The van der Waals surface area contributed by atoms with E-state index in [4.69, 9.17) is 4.74 Å². The van der Waals surface area contributed by atoms with E-state index < -0.39 is 0 Å². The van der Waals surface area contributed by atoms with Crippen molar-refractivity contribution >= 4 is 11.8 Å². The van der Waals surface area contributed by atoms with Gasteiger partial charge in [0, 0.05) is 31.0 Å². The van der Waals surface area contributed by atoms with Crippen LogP contribution in [-0.4, -0.2) is 40.7 Å². The number of nitrogens with one attached hydrogen (secondary N) is 1. The van der Waals surface area contributed by atoms with E-state index in [2.05, 4.69) is 32.1 Å². The van der Waals surface area contributed by atoms with Crippen LogP contribution in [0.25, 0.3) is 0 Å².